The van der Waals surface area contributed by atoms with Gasteiger partial charge in [-0.1, -0.05) is 11.3 Å². The minimum atomic E-state index is -0.235. The lowest BCUT2D eigenvalue weighted by Crippen LogP contribution is -2.35. The van der Waals surface area contributed by atoms with Crippen LogP contribution in [0.15, 0.2) is 15.6 Å². The van der Waals surface area contributed by atoms with Crippen molar-refractivity contribution in [1.82, 2.24) is 14.5 Å². The lowest BCUT2D eigenvalue weighted by Gasteiger charge is -2.25. The van der Waals surface area contributed by atoms with Gasteiger partial charge in [0.15, 0.2) is 5.13 Å². The van der Waals surface area contributed by atoms with E-state index in [2.05, 4.69) is 15.2 Å². The van der Waals surface area contributed by atoms with Crippen molar-refractivity contribution in [2.75, 3.05) is 31.6 Å². The van der Waals surface area contributed by atoms with Gasteiger partial charge in [-0.25, -0.2) is 4.98 Å². The predicted octanol–water partition coefficient (Wildman–Crippen LogP) is 1.15. The number of nitrogens with one attached hydrogen (secondary N) is 1. The van der Waals surface area contributed by atoms with E-state index < -0.39 is 0 Å². The highest BCUT2D eigenvalue weighted by atomic mass is 32.1. The number of ether oxygens (including phenoxy) is 1. The largest absolute Gasteiger partial charge is 0.379 e. The molecule has 23 heavy (non-hydrogen) atoms. The first kappa shape index (κ1) is 16.3. The third-order valence-corrected chi connectivity index (χ3v) is 5.25. The van der Waals surface area contributed by atoms with E-state index >= 15 is 0 Å². The molecule has 1 fully saturated rings. The number of aromatic nitrogens is 2. The second kappa shape index (κ2) is 7.35. The van der Waals surface area contributed by atoms with Crippen LogP contribution >= 0.6 is 22.7 Å². The Bertz CT molecular complexity index is 730. The van der Waals surface area contributed by atoms with Gasteiger partial charge in [-0.05, 0) is 6.92 Å². The van der Waals surface area contributed by atoms with Crippen LogP contribution in [-0.2, 0) is 22.6 Å². The molecular weight excluding hydrogens is 336 g/mol. The first-order valence-corrected chi connectivity index (χ1v) is 9.07. The highest BCUT2D eigenvalue weighted by Crippen LogP contribution is 2.17. The van der Waals surface area contributed by atoms with Crippen molar-refractivity contribution in [3.05, 3.63) is 31.8 Å². The normalized spacial score (nSPS) is 15.7. The van der Waals surface area contributed by atoms with Crippen LogP contribution in [-0.4, -0.2) is 46.7 Å². The zero-order chi connectivity index (χ0) is 16.2. The number of anilines is 1. The number of morpholine rings is 1. The average Bonchev–Trinajstić information content (AvgIpc) is 3.09. The number of aryl methyl sites for hydroxylation is 1. The van der Waals surface area contributed by atoms with Crippen molar-refractivity contribution in [1.29, 1.82) is 0 Å². The summed E-state index contributed by atoms with van der Waals surface area (Å²) in [4.78, 5) is 30.3. The molecule has 0 saturated carbocycles. The number of hydrogen-bond acceptors (Lipinski definition) is 7. The third-order valence-electron chi connectivity index (χ3n) is 3.57. The summed E-state index contributed by atoms with van der Waals surface area (Å²) >= 11 is 2.50. The quantitative estimate of drug-likeness (QED) is 0.872. The molecular formula is C14H18N4O3S2. The van der Waals surface area contributed by atoms with Gasteiger partial charge in [0.2, 0.25) is 5.91 Å². The smallest absolute Gasteiger partial charge is 0.307 e. The molecule has 1 N–H and O–H groups in total. The molecule has 0 spiro atoms. The Morgan fingerprint density at radius 2 is 2.13 bits per heavy atom. The molecule has 124 valence electrons. The number of carbonyl (C=O) groups is 1. The standard InChI is InChI=1S/C14H18N4O3S2/c1-10-8-23-14(20)18(10)7-12(19)16-13-15-11(9-22-13)6-17-2-4-21-5-3-17/h8-9H,2-7H2,1H3,(H,15,16,19). The van der Waals surface area contributed by atoms with Crippen LogP contribution in [0.25, 0.3) is 0 Å². The average molecular weight is 354 g/mol. The summed E-state index contributed by atoms with van der Waals surface area (Å²) in [5, 5.41) is 7.03. The minimum absolute atomic E-state index is 0.0204. The molecule has 3 rings (SSSR count). The summed E-state index contributed by atoms with van der Waals surface area (Å²) in [6.07, 6.45) is 0. The van der Waals surface area contributed by atoms with Gasteiger partial charge in [0.25, 0.3) is 0 Å². The number of hydrogen-bond donors (Lipinski definition) is 1. The number of amides is 1. The van der Waals surface area contributed by atoms with Crippen LogP contribution in [0.3, 0.4) is 0 Å². The molecule has 1 saturated heterocycles. The zero-order valence-corrected chi connectivity index (χ0v) is 14.4. The first-order valence-electron chi connectivity index (χ1n) is 7.31. The summed E-state index contributed by atoms with van der Waals surface area (Å²) in [5.41, 5.74) is 1.73. The van der Waals surface area contributed by atoms with Gasteiger partial charge in [0.05, 0.1) is 18.9 Å². The van der Waals surface area contributed by atoms with Crippen molar-refractivity contribution >= 4 is 33.7 Å². The van der Waals surface area contributed by atoms with Crippen LogP contribution in [0.2, 0.25) is 0 Å². The van der Waals surface area contributed by atoms with Gasteiger partial charge in [-0.2, -0.15) is 0 Å². The lowest BCUT2D eigenvalue weighted by molar-refractivity contribution is -0.116. The van der Waals surface area contributed by atoms with Crippen LogP contribution in [0, 0.1) is 6.92 Å². The maximum Gasteiger partial charge on any atom is 0.307 e. The van der Waals surface area contributed by atoms with Crippen molar-refractivity contribution in [3.63, 3.8) is 0 Å². The Morgan fingerprint density at radius 3 is 2.83 bits per heavy atom. The van der Waals surface area contributed by atoms with Crippen molar-refractivity contribution < 1.29 is 9.53 Å². The molecule has 0 bridgehead atoms. The van der Waals surface area contributed by atoms with Gasteiger partial charge in [0, 0.05) is 36.1 Å². The first-order chi connectivity index (χ1) is 11.1. The van der Waals surface area contributed by atoms with E-state index in [1.54, 1.807) is 5.38 Å². The van der Waals surface area contributed by atoms with Crippen molar-refractivity contribution in [2.45, 2.75) is 20.0 Å². The number of nitrogens with zero attached hydrogens (tertiary/aromatic N) is 3. The molecule has 3 heterocycles. The number of thiazole rings is 2. The second-order valence-corrected chi connectivity index (χ2v) is 6.99. The van der Waals surface area contributed by atoms with E-state index in [0.717, 1.165) is 55.6 Å². The molecule has 0 atom stereocenters. The molecule has 0 unspecified atom stereocenters. The SMILES string of the molecule is Cc1csc(=O)n1CC(=O)Nc1nc(CN2CCOCC2)cs1. The Kier molecular flexibility index (Phi) is 5.21. The van der Waals surface area contributed by atoms with Crippen LogP contribution in [0.4, 0.5) is 5.13 Å². The summed E-state index contributed by atoms with van der Waals surface area (Å²) in [6.45, 7) is 5.91. The van der Waals surface area contributed by atoms with E-state index in [1.807, 2.05) is 12.3 Å². The fourth-order valence-electron chi connectivity index (χ4n) is 2.32. The molecule has 7 nitrogen and oxygen atoms in total. The zero-order valence-electron chi connectivity index (χ0n) is 12.8. The van der Waals surface area contributed by atoms with E-state index in [9.17, 15) is 9.59 Å². The Balaban J connectivity index is 1.56. The highest BCUT2D eigenvalue weighted by molar-refractivity contribution is 7.13. The van der Waals surface area contributed by atoms with Gasteiger partial charge < -0.3 is 10.1 Å². The third kappa shape index (κ3) is 4.25. The second-order valence-electron chi connectivity index (χ2n) is 5.31. The Hall–Kier alpha value is -1.55. The molecule has 9 heteroatoms. The van der Waals surface area contributed by atoms with Crippen molar-refractivity contribution in [3.8, 4) is 0 Å². The van der Waals surface area contributed by atoms with E-state index in [-0.39, 0.29) is 17.3 Å². The predicted molar refractivity (Wildman–Crippen MR) is 90.2 cm³/mol. The van der Waals surface area contributed by atoms with Gasteiger partial charge >= 0.3 is 4.87 Å². The topological polar surface area (TPSA) is 76.5 Å². The van der Waals surface area contributed by atoms with Crippen LogP contribution in [0.5, 0.6) is 0 Å². The maximum atomic E-state index is 12.1. The molecule has 1 aliphatic heterocycles. The summed E-state index contributed by atoms with van der Waals surface area (Å²) in [7, 11) is 0. The molecule has 1 amide bonds. The van der Waals surface area contributed by atoms with Crippen molar-refractivity contribution in [2.24, 2.45) is 0 Å². The highest BCUT2D eigenvalue weighted by Gasteiger charge is 2.14. The summed E-state index contributed by atoms with van der Waals surface area (Å²) in [6, 6.07) is 0. The molecule has 2 aromatic heterocycles. The molecule has 1 aliphatic rings. The summed E-state index contributed by atoms with van der Waals surface area (Å²) in [5.74, 6) is -0.235. The van der Waals surface area contributed by atoms with Crippen LogP contribution < -0.4 is 10.2 Å². The van der Waals surface area contributed by atoms with Crippen LogP contribution in [0.1, 0.15) is 11.4 Å². The molecule has 0 aliphatic carbocycles. The molecule has 0 aromatic carbocycles. The Labute approximate surface area is 141 Å². The Morgan fingerprint density at radius 1 is 1.35 bits per heavy atom. The van der Waals surface area contributed by atoms with E-state index in [4.69, 9.17) is 4.74 Å². The van der Waals surface area contributed by atoms with E-state index in [1.165, 1.54) is 15.9 Å². The maximum absolute atomic E-state index is 12.1. The fraction of sp³-hybridized carbons (Fsp3) is 0.500. The van der Waals surface area contributed by atoms with Gasteiger partial charge in [0.1, 0.15) is 6.54 Å². The monoisotopic (exact) mass is 354 g/mol. The minimum Gasteiger partial charge on any atom is -0.379 e. The van der Waals surface area contributed by atoms with Gasteiger partial charge in [-0.3, -0.25) is 19.1 Å². The van der Waals surface area contributed by atoms with E-state index in [0.29, 0.717) is 5.13 Å². The van der Waals surface area contributed by atoms with Gasteiger partial charge in [-0.15, -0.1) is 11.3 Å². The molecule has 0 radical (unpaired) electrons. The molecule has 2 aromatic rings. The lowest BCUT2D eigenvalue weighted by atomic mass is 10.4. The summed E-state index contributed by atoms with van der Waals surface area (Å²) < 4.78 is 6.78. The fourth-order valence-corrected chi connectivity index (χ4v) is 3.78. The number of carbonyl (C=O) groups excluding carboxylic acids is 1. The number of rotatable bonds is 5.